The highest BCUT2D eigenvalue weighted by molar-refractivity contribution is 7.00. The summed E-state index contributed by atoms with van der Waals surface area (Å²) in [6.45, 7) is -0.00598. The van der Waals surface area contributed by atoms with Gasteiger partial charge >= 0.3 is 0 Å². The van der Waals surface area contributed by atoms with Crippen LogP contribution in [0.2, 0.25) is 0 Å². The van der Waals surface area contributed by atoms with Crippen molar-refractivity contribution in [2.75, 3.05) is 9.80 Å². The lowest BCUT2D eigenvalue weighted by Crippen LogP contribution is -2.61. The Morgan fingerprint density at radius 1 is 0.288 bits per heavy atom. The van der Waals surface area contributed by atoms with Gasteiger partial charge in [-0.25, -0.2) is 0 Å². The lowest BCUT2D eigenvalue weighted by Gasteiger charge is -2.44. The number of anilines is 6. The number of para-hydroxylation sites is 6. The molecule has 4 aromatic heterocycles. The van der Waals surface area contributed by atoms with Gasteiger partial charge in [0.2, 0.25) is 0 Å². The monoisotopic (exact) mass is 746 g/mol. The first-order valence-corrected chi connectivity index (χ1v) is 20.6. The van der Waals surface area contributed by atoms with Crippen molar-refractivity contribution in [2.24, 2.45) is 0 Å². The molecule has 2 aliphatic heterocycles. The number of hydrogen-bond donors (Lipinski definition) is 0. The topological polar surface area (TPSA) is 15.3 Å². The van der Waals surface area contributed by atoms with Gasteiger partial charge in [0.1, 0.15) is 0 Å². The molecule has 59 heavy (non-hydrogen) atoms. The summed E-state index contributed by atoms with van der Waals surface area (Å²) in [4.78, 5) is 5.05. The first-order chi connectivity index (χ1) is 29.3. The molecule has 5 heteroatoms. The van der Waals surface area contributed by atoms with E-state index in [4.69, 9.17) is 0 Å². The van der Waals surface area contributed by atoms with E-state index in [1.807, 2.05) is 0 Å². The number of rotatable bonds is 2. The summed E-state index contributed by atoms with van der Waals surface area (Å²) in [7, 11) is 0. The lowest BCUT2D eigenvalue weighted by atomic mass is 9.33. The maximum absolute atomic E-state index is 2.55. The maximum Gasteiger partial charge on any atom is 0.252 e. The molecule has 0 saturated carbocycles. The normalized spacial score (nSPS) is 13.7. The second kappa shape index (κ2) is 10.6. The standard InChI is InChI=1S/C54H31BN4/c1-3-14-32(15-4-1)56-46-26-13-27-47-52(46)55(42-28-40-38-22-11-20-36-34-18-7-9-24-44(34)58(53(36)38)48(40)30-50(42)56)43-29-41-39-23-12-21-37-35-19-8-10-25-45(35)59(54(37)39)49(41)31-51(43)57(47)33-16-5-2-6-17-33/h1-31H. The molecule has 0 fully saturated rings. The first-order valence-electron chi connectivity index (χ1n) is 20.6. The molecule has 2 aliphatic rings. The summed E-state index contributed by atoms with van der Waals surface area (Å²) in [6.07, 6.45) is 0. The fraction of sp³-hybridized carbons (Fsp3) is 0. The highest BCUT2D eigenvalue weighted by Gasteiger charge is 2.44. The van der Waals surface area contributed by atoms with Gasteiger partial charge in [0, 0.05) is 77.2 Å². The Morgan fingerprint density at radius 3 is 1.15 bits per heavy atom. The van der Waals surface area contributed by atoms with Crippen molar-refractivity contribution in [1.29, 1.82) is 0 Å². The van der Waals surface area contributed by atoms with Crippen molar-refractivity contribution in [3.05, 3.63) is 188 Å². The van der Waals surface area contributed by atoms with Gasteiger partial charge in [0.15, 0.2) is 0 Å². The number of benzene rings is 9. The average molecular weight is 747 g/mol. The third-order valence-electron chi connectivity index (χ3n) is 13.7. The quantitative estimate of drug-likeness (QED) is 0.164. The molecule has 0 saturated heterocycles. The van der Waals surface area contributed by atoms with E-state index >= 15 is 0 Å². The third kappa shape index (κ3) is 3.60. The molecule has 0 spiro atoms. The molecule has 0 atom stereocenters. The van der Waals surface area contributed by atoms with Gasteiger partial charge < -0.3 is 18.6 Å². The highest BCUT2D eigenvalue weighted by Crippen LogP contribution is 2.48. The van der Waals surface area contributed by atoms with Crippen LogP contribution in [-0.2, 0) is 0 Å². The second-order valence-corrected chi connectivity index (χ2v) is 16.4. The minimum Gasteiger partial charge on any atom is -0.311 e. The van der Waals surface area contributed by atoms with Gasteiger partial charge in [0.25, 0.3) is 6.71 Å². The van der Waals surface area contributed by atoms with Crippen LogP contribution in [0.25, 0.3) is 76.2 Å². The van der Waals surface area contributed by atoms with Crippen molar-refractivity contribution < 1.29 is 0 Å². The van der Waals surface area contributed by atoms with E-state index in [-0.39, 0.29) is 6.71 Å². The largest absolute Gasteiger partial charge is 0.311 e. The van der Waals surface area contributed by atoms with Crippen molar-refractivity contribution in [3.8, 4) is 0 Å². The lowest BCUT2D eigenvalue weighted by molar-refractivity contribution is 1.25. The molecule has 0 amide bonds. The number of aromatic nitrogens is 2. The summed E-state index contributed by atoms with van der Waals surface area (Å²) in [6, 6.07) is 70.4. The van der Waals surface area contributed by atoms with Crippen LogP contribution in [0, 0.1) is 0 Å². The minimum absolute atomic E-state index is 0.00598. The third-order valence-corrected chi connectivity index (χ3v) is 13.7. The van der Waals surface area contributed by atoms with Crippen molar-refractivity contribution >= 4 is 133 Å². The van der Waals surface area contributed by atoms with Crippen LogP contribution in [0.4, 0.5) is 34.1 Å². The van der Waals surface area contributed by atoms with E-state index in [1.165, 1.54) is 115 Å². The Hall–Kier alpha value is -7.76. The first kappa shape index (κ1) is 30.4. The average Bonchev–Trinajstić information content (AvgIpc) is 4.02. The number of fused-ring (bicyclic) bond motifs is 16. The van der Waals surface area contributed by atoms with Crippen molar-refractivity contribution in [1.82, 2.24) is 8.80 Å². The molecular weight excluding hydrogens is 715 g/mol. The SMILES string of the molecule is c1ccc(N2c3cc4c(cc3B3c5cc6c7cccc8c9ccccc9n(c6cc5N(c5ccccc5)c5cccc2c53)c87)c2cccc3c5ccccc5n4c32)cc1. The van der Waals surface area contributed by atoms with Gasteiger partial charge in [-0.15, -0.1) is 0 Å². The molecule has 15 rings (SSSR count). The molecule has 0 N–H and O–H groups in total. The van der Waals surface area contributed by atoms with Gasteiger partial charge in [-0.05, 0) is 77.1 Å². The van der Waals surface area contributed by atoms with Gasteiger partial charge in [0.05, 0.1) is 33.1 Å². The molecule has 0 aliphatic carbocycles. The highest BCUT2D eigenvalue weighted by atomic mass is 15.2. The van der Waals surface area contributed by atoms with Gasteiger partial charge in [-0.2, -0.15) is 0 Å². The Labute approximate surface area is 338 Å². The van der Waals surface area contributed by atoms with Crippen LogP contribution in [0.3, 0.4) is 0 Å². The number of nitrogens with zero attached hydrogens (tertiary/aromatic N) is 4. The molecule has 6 heterocycles. The van der Waals surface area contributed by atoms with Crippen molar-refractivity contribution in [2.45, 2.75) is 0 Å². The van der Waals surface area contributed by atoms with E-state index in [0.29, 0.717) is 0 Å². The van der Waals surface area contributed by atoms with E-state index in [2.05, 4.69) is 207 Å². The summed E-state index contributed by atoms with van der Waals surface area (Å²) in [5.74, 6) is 0. The summed E-state index contributed by atoms with van der Waals surface area (Å²) in [5.41, 5.74) is 18.8. The Bertz CT molecular complexity index is 3670. The zero-order valence-corrected chi connectivity index (χ0v) is 31.8. The van der Waals surface area contributed by atoms with E-state index in [9.17, 15) is 0 Å². The van der Waals surface area contributed by atoms with Crippen LogP contribution >= 0.6 is 0 Å². The summed E-state index contributed by atoms with van der Waals surface area (Å²) >= 11 is 0. The molecule has 0 radical (unpaired) electrons. The Kier molecular flexibility index (Phi) is 5.46. The van der Waals surface area contributed by atoms with Crippen LogP contribution in [0.5, 0.6) is 0 Å². The fourth-order valence-corrected chi connectivity index (χ4v) is 11.5. The molecule has 4 nitrogen and oxygen atoms in total. The predicted octanol–water partition coefficient (Wildman–Crippen LogP) is 12.1. The molecular formula is C54H31BN4. The molecule has 13 aromatic rings. The van der Waals surface area contributed by atoms with E-state index in [0.717, 1.165) is 11.4 Å². The van der Waals surface area contributed by atoms with Crippen LogP contribution in [0.15, 0.2) is 188 Å². The zero-order chi connectivity index (χ0) is 38.1. The molecule has 0 bridgehead atoms. The minimum atomic E-state index is -0.00598. The van der Waals surface area contributed by atoms with E-state index < -0.39 is 0 Å². The zero-order valence-electron chi connectivity index (χ0n) is 31.8. The van der Waals surface area contributed by atoms with Crippen LogP contribution < -0.4 is 26.2 Å². The number of hydrogen-bond acceptors (Lipinski definition) is 2. The van der Waals surface area contributed by atoms with Crippen LogP contribution in [0.1, 0.15) is 0 Å². The Balaban J connectivity index is 1.12. The van der Waals surface area contributed by atoms with Crippen LogP contribution in [-0.4, -0.2) is 15.5 Å². The maximum atomic E-state index is 2.55. The smallest absolute Gasteiger partial charge is 0.252 e. The second-order valence-electron chi connectivity index (χ2n) is 16.4. The van der Waals surface area contributed by atoms with E-state index in [1.54, 1.807) is 0 Å². The predicted molar refractivity (Wildman–Crippen MR) is 250 cm³/mol. The fourth-order valence-electron chi connectivity index (χ4n) is 11.5. The summed E-state index contributed by atoms with van der Waals surface area (Å²) in [5, 5.41) is 10.4. The van der Waals surface area contributed by atoms with Crippen molar-refractivity contribution in [3.63, 3.8) is 0 Å². The van der Waals surface area contributed by atoms with Gasteiger partial charge in [-0.3, -0.25) is 0 Å². The molecule has 270 valence electrons. The molecule has 9 aromatic carbocycles. The molecule has 0 unspecified atom stereocenters. The van der Waals surface area contributed by atoms with Gasteiger partial charge in [-0.1, -0.05) is 127 Å². The Morgan fingerprint density at radius 2 is 0.678 bits per heavy atom. The summed E-state index contributed by atoms with van der Waals surface area (Å²) < 4.78 is 5.03.